The highest BCUT2D eigenvalue weighted by Gasteiger charge is 2.37. The first-order valence-corrected chi connectivity index (χ1v) is 10.6. The fourth-order valence-electron chi connectivity index (χ4n) is 3.54. The summed E-state index contributed by atoms with van der Waals surface area (Å²) in [5.74, 6) is -1.95. The molecule has 1 saturated heterocycles. The number of aryl methyl sites for hydroxylation is 2. The monoisotopic (exact) mass is 508 g/mol. The van der Waals surface area contributed by atoms with Crippen molar-refractivity contribution >= 4 is 51.5 Å². The van der Waals surface area contributed by atoms with E-state index < -0.39 is 23.8 Å². The maximum absolute atomic E-state index is 13.1. The highest BCUT2D eigenvalue weighted by molar-refractivity contribution is 9.10. The zero-order chi connectivity index (χ0) is 23.9. The number of carboxylic acids is 1. The first-order chi connectivity index (χ1) is 15.7. The van der Waals surface area contributed by atoms with Gasteiger partial charge in [-0.15, -0.1) is 0 Å². The molecule has 1 fully saturated rings. The minimum atomic E-state index is -1.03. The third kappa shape index (κ3) is 4.22. The van der Waals surface area contributed by atoms with Gasteiger partial charge in [0.2, 0.25) is 0 Å². The maximum Gasteiger partial charge on any atom is 0.335 e. The summed E-state index contributed by atoms with van der Waals surface area (Å²) < 4.78 is 6.58. The average Bonchev–Trinajstić information content (AvgIpc) is 3.20. The molecule has 1 aromatic heterocycles. The molecule has 0 unspecified atom stereocenters. The van der Waals surface area contributed by atoms with Crippen LogP contribution in [0.25, 0.3) is 17.4 Å². The van der Waals surface area contributed by atoms with Crippen molar-refractivity contribution in [2.75, 3.05) is 4.90 Å². The van der Waals surface area contributed by atoms with E-state index in [1.54, 1.807) is 50.2 Å². The van der Waals surface area contributed by atoms with E-state index >= 15 is 0 Å². The molecule has 2 aromatic carbocycles. The first-order valence-electron chi connectivity index (χ1n) is 9.77. The fourth-order valence-corrected chi connectivity index (χ4v) is 4.01. The lowest BCUT2D eigenvalue weighted by Crippen LogP contribution is -2.54. The quantitative estimate of drug-likeness (QED) is 0.389. The van der Waals surface area contributed by atoms with Gasteiger partial charge in [0.25, 0.3) is 11.8 Å². The van der Waals surface area contributed by atoms with E-state index in [1.807, 2.05) is 0 Å². The van der Waals surface area contributed by atoms with Crippen molar-refractivity contribution in [3.8, 4) is 11.3 Å². The zero-order valence-electron chi connectivity index (χ0n) is 17.5. The van der Waals surface area contributed by atoms with Crippen molar-refractivity contribution in [1.29, 1.82) is 0 Å². The van der Waals surface area contributed by atoms with Crippen LogP contribution < -0.4 is 10.2 Å². The fraction of sp³-hybridized carbons (Fsp3) is 0.0833. The molecule has 33 heavy (non-hydrogen) atoms. The standard InChI is InChI=1S/C24H17BrN2O6/c1-12-9-14(23(30)31)3-6-17(12)20-8-5-16(33-20)11-18-21(28)26-24(32)27(22(18)29)19-7-4-15(25)10-13(19)2/h3-11H,1-2H3,(H,30,31)(H,26,28,32)/b18-11+. The third-order valence-electron chi connectivity index (χ3n) is 5.15. The second-order valence-electron chi connectivity index (χ2n) is 7.43. The third-order valence-corrected chi connectivity index (χ3v) is 5.65. The topological polar surface area (TPSA) is 117 Å². The van der Waals surface area contributed by atoms with E-state index in [4.69, 9.17) is 9.52 Å². The number of anilines is 1. The highest BCUT2D eigenvalue weighted by Crippen LogP contribution is 2.30. The second-order valence-corrected chi connectivity index (χ2v) is 8.34. The summed E-state index contributed by atoms with van der Waals surface area (Å²) in [5.41, 5.74) is 2.29. The van der Waals surface area contributed by atoms with Crippen LogP contribution in [0.1, 0.15) is 27.2 Å². The number of rotatable bonds is 4. The Morgan fingerprint density at radius 1 is 1.03 bits per heavy atom. The summed E-state index contributed by atoms with van der Waals surface area (Å²) in [7, 11) is 0. The molecule has 9 heteroatoms. The summed E-state index contributed by atoms with van der Waals surface area (Å²) in [5, 5.41) is 11.3. The molecule has 2 heterocycles. The number of carbonyl (C=O) groups excluding carboxylic acids is 3. The molecule has 0 aliphatic carbocycles. The lowest BCUT2D eigenvalue weighted by Gasteiger charge is -2.27. The van der Waals surface area contributed by atoms with E-state index in [1.165, 1.54) is 18.2 Å². The molecule has 1 aliphatic rings. The maximum atomic E-state index is 13.1. The number of nitrogens with zero attached hydrogens (tertiary/aromatic N) is 1. The van der Waals surface area contributed by atoms with Crippen LogP contribution in [-0.4, -0.2) is 28.9 Å². The first kappa shape index (κ1) is 22.2. The summed E-state index contributed by atoms with van der Waals surface area (Å²) >= 11 is 3.34. The molecule has 4 rings (SSSR count). The van der Waals surface area contributed by atoms with Gasteiger partial charge < -0.3 is 9.52 Å². The van der Waals surface area contributed by atoms with Crippen LogP contribution >= 0.6 is 15.9 Å². The summed E-state index contributed by atoms with van der Waals surface area (Å²) in [4.78, 5) is 50.0. The van der Waals surface area contributed by atoms with Crippen LogP contribution in [0.4, 0.5) is 10.5 Å². The Balaban J connectivity index is 1.68. The molecule has 0 spiro atoms. The number of hydrogen-bond donors (Lipinski definition) is 2. The molecule has 166 valence electrons. The Kier molecular flexibility index (Phi) is 5.73. The average molecular weight is 509 g/mol. The van der Waals surface area contributed by atoms with Gasteiger partial charge in [0.1, 0.15) is 17.1 Å². The SMILES string of the molecule is Cc1cc(C(=O)O)ccc1-c1ccc(/C=C2\C(=O)NC(=O)N(c3ccc(Br)cc3C)C2=O)o1. The van der Waals surface area contributed by atoms with Gasteiger partial charge in [-0.3, -0.25) is 14.9 Å². The van der Waals surface area contributed by atoms with E-state index in [2.05, 4.69) is 21.2 Å². The van der Waals surface area contributed by atoms with Gasteiger partial charge in [0.05, 0.1) is 11.3 Å². The minimum absolute atomic E-state index is 0.155. The Bertz CT molecular complexity index is 1370. The van der Waals surface area contributed by atoms with Crippen LogP contribution in [0.3, 0.4) is 0 Å². The molecule has 2 N–H and O–H groups in total. The van der Waals surface area contributed by atoms with Gasteiger partial charge in [-0.2, -0.15) is 0 Å². The number of hydrogen-bond acceptors (Lipinski definition) is 5. The number of benzene rings is 2. The normalized spacial score (nSPS) is 15.2. The predicted octanol–water partition coefficient (Wildman–Crippen LogP) is 4.69. The Morgan fingerprint density at radius 3 is 2.45 bits per heavy atom. The summed E-state index contributed by atoms with van der Waals surface area (Å²) in [6.07, 6.45) is 1.27. The molecule has 3 aromatic rings. The highest BCUT2D eigenvalue weighted by atomic mass is 79.9. The number of imide groups is 2. The number of nitrogens with one attached hydrogen (secondary N) is 1. The van der Waals surface area contributed by atoms with Crippen LogP contribution in [-0.2, 0) is 9.59 Å². The number of carboxylic acid groups (broad SMARTS) is 1. The molecule has 0 radical (unpaired) electrons. The molecular weight excluding hydrogens is 492 g/mol. The number of barbiturate groups is 1. The van der Waals surface area contributed by atoms with Crippen LogP contribution in [0.15, 0.2) is 63.0 Å². The summed E-state index contributed by atoms with van der Waals surface area (Å²) in [6.45, 7) is 3.50. The number of carbonyl (C=O) groups is 4. The van der Waals surface area contributed by atoms with Crippen LogP contribution in [0, 0.1) is 13.8 Å². The lowest BCUT2D eigenvalue weighted by molar-refractivity contribution is -0.122. The van der Waals surface area contributed by atoms with Crippen LogP contribution in [0.5, 0.6) is 0 Å². The van der Waals surface area contributed by atoms with Gasteiger partial charge in [-0.1, -0.05) is 22.0 Å². The van der Waals surface area contributed by atoms with Crippen molar-refractivity contribution in [1.82, 2.24) is 5.32 Å². The van der Waals surface area contributed by atoms with Gasteiger partial charge in [0, 0.05) is 10.0 Å². The van der Waals surface area contributed by atoms with Gasteiger partial charge in [-0.05, 0) is 73.5 Å². The molecule has 8 nitrogen and oxygen atoms in total. The number of halogens is 1. The van der Waals surface area contributed by atoms with Gasteiger partial charge in [0.15, 0.2) is 0 Å². The number of amides is 4. The molecular formula is C24H17BrN2O6. The summed E-state index contributed by atoms with van der Waals surface area (Å²) in [6, 6.07) is 12.1. The van der Waals surface area contributed by atoms with Gasteiger partial charge in [-0.25, -0.2) is 14.5 Å². The predicted molar refractivity (Wildman–Crippen MR) is 124 cm³/mol. The number of aromatic carboxylic acids is 1. The Hall–Kier alpha value is -3.98. The van der Waals surface area contributed by atoms with E-state index in [0.717, 1.165) is 9.37 Å². The van der Waals surface area contributed by atoms with E-state index in [0.29, 0.717) is 28.1 Å². The molecule has 0 saturated carbocycles. The molecule has 0 atom stereocenters. The molecule has 4 amide bonds. The minimum Gasteiger partial charge on any atom is -0.478 e. The molecule has 1 aliphatic heterocycles. The van der Waals surface area contributed by atoms with Crippen LogP contribution in [0.2, 0.25) is 0 Å². The lowest BCUT2D eigenvalue weighted by atomic mass is 10.0. The van der Waals surface area contributed by atoms with E-state index in [9.17, 15) is 19.2 Å². The molecule has 0 bridgehead atoms. The van der Waals surface area contributed by atoms with Crippen molar-refractivity contribution in [2.24, 2.45) is 0 Å². The van der Waals surface area contributed by atoms with Crippen molar-refractivity contribution in [3.05, 3.63) is 81.0 Å². The zero-order valence-corrected chi connectivity index (χ0v) is 19.1. The largest absolute Gasteiger partial charge is 0.478 e. The van der Waals surface area contributed by atoms with Crippen molar-refractivity contribution < 1.29 is 28.7 Å². The van der Waals surface area contributed by atoms with Crippen molar-refractivity contribution in [2.45, 2.75) is 13.8 Å². The van der Waals surface area contributed by atoms with Crippen molar-refractivity contribution in [3.63, 3.8) is 0 Å². The smallest absolute Gasteiger partial charge is 0.335 e. The van der Waals surface area contributed by atoms with Gasteiger partial charge >= 0.3 is 12.0 Å². The Labute approximate surface area is 196 Å². The second kappa shape index (κ2) is 8.51. The van der Waals surface area contributed by atoms with E-state index in [-0.39, 0.29) is 16.9 Å². The Morgan fingerprint density at radius 2 is 1.79 bits per heavy atom. The number of furan rings is 1. The number of urea groups is 1.